The monoisotopic (exact) mass is 255 g/mol. The number of ether oxygens (including phenoxy) is 1. The van der Waals surface area contributed by atoms with Crippen molar-refractivity contribution in [3.63, 3.8) is 0 Å². The van der Waals surface area contributed by atoms with Crippen LogP contribution >= 0.6 is 0 Å². The number of carbonyl (C=O) groups is 1. The number of hydrogen-bond acceptors (Lipinski definition) is 6. The zero-order valence-electron chi connectivity index (χ0n) is 10.5. The van der Waals surface area contributed by atoms with E-state index in [1.54, 1.807) is 14.0 Å². The Morgan fingerprint density at radius 2 is 2.28 bits per heavy atom. The molecule has 0 saturated heterocycles. The summed E-state index contributed by atoms with van der Waals surface area (Å²) in [5.41, 5.74) is -0.477. The third kappa shape index (κ3) is 4.58. The van der Waals surface area contributed by atoms with Crippen molar-refractivity contribution in [2.45, 2.75) is 19.9 Å². The number of carbonyl (C=O) groups excluding carboxylic acids is 1. The lowest BCUT2D eigenvalue weighted by atomic mass is 10.3. The summed E-state index contributed by atoms with van der Waals surface area (Å²) in [5, 5.41) is 9.03. The quantitative estimate of drug-likeness (QED) is 0.755. The molecule has 1 heterocycles. The highest BCUT2D eigenvalue weighted by molar-refractivity contribution is 5.69. The van der Waals surface area contributed by atoms with Crippen LogP contribution in [0.5, 0.6) is 5.75 Å². The van der Waals surface area contributed by atoms with Crippen molar-refractivity contribution in [3.05, 3.63) is 28.3 Å². The van der Waals surface area contributed by atoms with Gasteiger partial charge in [0.2, 0.25) is 5.43 Å². The summed E-state index contributed by atoms with van der Waals surface area (Å²) in [7, 11) is 1.80. The minimum Gasteiger partial charge on any atom is -0.502 e. The van der Waals surface area contributed by atoms with Gasteiger partial charge in [-0.25, -0.2) is 0 Å². The van der Waals surface area contributed by atoms with Crippen molar-refractivity contribution < 1.29 is 19.1 Å². The van der Waals surface area contributed by atoms with Gasteiger partial charge in [0.15, 0.2) is 5.75 Å². The lowest BCUT2D eigenvalue weighted by molar-refractivity contribution is -0.143. The zero-order valence-corrected chi connectivity index (χ0v) is 10.5. The minimum absolute atomic E-state index is 0.253. The molecular weight excluding hydrogens is 238 g/mol. The molecule has 6 heteroatoms. The van der Waals surface area contributed by atoms with E-state index in [1.165, 1.54) is 6.07 Å². The third-order valence-electron chi connectivity index (χ3n) is 2.30. The Kier molecular flexibility index (Phi) is 5.38. The van der Waals surface area contributed by atoms with Crippen LogP contribution in [0.25, 0.3) is 0 Å². The summed E-state index contributed by atoms with van der Waals surface area (Å²) in [4.78, 5) is 24.1. The Balaban J connectivity index is 2.44. The van der Waals surface area contributed by atoms with E-state index in [9.17, 15) is 9.59 Å². The molecule has 0 aliphatic heterocycles. The molecule has 1 aromatic rings. The molecule has 0 atom stereocenters. The smallest absolute Gasteiger partial charge is 0.307 e. The van der Waals surface area contributed by atoms with Crippen molar-refractivity contribution in [1.29, 1.82) is 0 Å². The fourth-order valence-corrected chi connectivity index (χ4v) is 1.39. The molecule has 0 aliphatic carbocycles. The molecule has 0 radical (unpaired) electrons. The van der Waals surface area contributed by atoms with E-state index >= 15 is 0 Å². The summed E-state index contributed by atoms with van der Waals surface area (Å²) in [6.07, 6.45) is 1.30. The summed E-state index contributed by atoms with van der Waals surface area (Å²) < 4.78 is 9.86. The Morgan fingerprint density at radius 1 is 1.56 bits per heavy atom. The number of rotatable bonds is 6. The summed E-state index contributed by atoms with van der Waals surface area (Å²) in [6.45, 7) is 3.01. The first kappa shape index (κ1) is 14.2. The van der Waals surface area contributed by atoms with E-state index in [1.807, 2.05) is 4.90 Å². The number of aromatic hydroxyl groups is 1. The van der Waals surface area contributed by atoms with Gasteiger partial charge < -0.3 is 14.3 Å². The average molecular weight is 255 g/mol. The van der Waals surface area contributed by atoms with Gasteiger partial charge in [-0.2, -0.15) is 0 Å². The van der Waals surface area contributed by atoms with Crippen molar-refractivity contribution in [2.75, 3.05) is 20.2 Å². The maximum atomic E-state index is 11.2. The molecule has 0 aliphatic rings. The Morgan fingerprint density at radius 3 is 2.89 bits per heavy atom. The summed E-state index contributed by atoms with van der Waals surface area (Å²) >= 11 is 0. The second-order valence-corrected chi connectivity index (χ2v) is 3.89. The molecule has 0 amide bonds. The highest BCUT2D eigenvalue weighted by Gasteiger charge is 2.08. The van der Waals surface area contributed by atoms with Crippen molar-refractivity contribution in [1.82, 2.24) is 4.90 Å². The number of hydrogen-bond donors (Lipinski definition) is 1. The van der Waals surface area contributed by atoms with Gasteiger partial charge in [0, 0.05) is 12.6 Å². The van der Waals surface area contributed by atoms with Crippen molar-refractivity contribution in [2.24, 2.45) is 0 Å². The largest absolute Gasteiger partial charge is 0.502 e. The molecule has 6 nitrogen and oxygen atoms in total. The molecule has 18 heavy (non-hydrogen) atoms. The fourth-order valence-electron chi connectivity index (χ4n) is 1.39. The number of nitrogens with zero attached hydrogens (tertiary/aromatic N) is 1. The van der Waals surface area contributed by atoms with Crippen LogP contribution in [0.1, 0.15) is 19.1 Å². The van der Waals surface area contributed by atoms with Gasteiger partial charge >= 0.3 is 5.97 Å². The van der Waals surface area contributed by atoms with E-state index in [4.69, 9.17) is 14.3 Å². The van der Waals surface area contributed by atoms with Gasteiger partial charge in [-0.3, -0.25) is 14.5 Å². The van der Waals surface area contributed by atoms with Gasteiger partial charge in [0.25, 0.3) is 0 Å². The molecule has 0 bridgehead atoms. The van der Waals surface area contributed by atoms with Crippen LogP contribution in [-0.2, 0) is 16.1 Å². The molecule has 1 N–H and O–H groups in total. The summed E-state index contributed by atoms with van der Waals surface area (Å²) in [6, 6.07) is 1.23. The first-order valence-electron chi connectivity index (χ1n) is 5.67. The second-order valence-electron chi connectivity index (χ2n) is 3.89. The van der Waals surface area contributed by atoms with Crippen molar-refractivity contribution in [3.8, 4) is 5.75 Å². The number of esters is 1. The third-order valence-corrected chi connectivity index (χ3v) is 2.30. The van der Waals surface area contributed by atoms with Crippen LogP contribution in [0.3, 0.4) is 0 Å². The Bertz CT molecular complexity index is 454. The van der Waals surface area contributed by atoms with Crippen LogP contribution in [-0.4, -0.2) is 36.2 Å². The summed E-state index contributed by atoms with van der Waals surface area (Å²) in [5.74, 6) is -0.228. The van der Waals surface area contributed by atoms with Crippen molar-refractivity contribution >= 4 is 5.97 Å². The lowest BCUT2D eigenvalue weighted by Gasteiger charge is -2.14. The van der Waals surface area contributed by atoms with E-state index in [-0.39, 0.29) is 12.4 Å². The maximum Gasteiger partial charge on any atom is 0.307 e. The molecule has 0 spiro atoms. The predicted octanol–water partition coefficient (Wildman–Crippen LogP) is 0.730. The molecule has 0 fully saturated rings. The van der Waals surface area contributed by atoms with Crippen LogP contribution in [0.2, 0.25) is 0 Å². The minimum atomic E-state index is -0.477. The normalized spacial score (nSPS) is 10.6. The molecule has 100 valence electrons. The van der Waals surface area contributed by atoms with E-state index in [0.29, 0.717) is 25.5 Å². The van der Waals surface area contributed by atoms with E-state index < -0.39 is 11.2 Å². The second kappa shape index (κ2) is 6.80. The first-order chi connectivity index (χ1) is 8.52. The molecular formula is C12H17NO5. The highest BCUT2D eigenvalue weighted by atomic mass is 16.5. The average Bonchev–Trinajstić information content (AvgIpc) is 2.32. The van der Waals surface area contributed by atoms with Gasteiger partial charge in [-0.1, -0.05) is 0 Å². The van der Waals surface area contributed by atoms with Crippen LogP contribution in [0.4, 0.5) is 0 Å². The van der Waals surface area contributed by atoms with Gasteiger partial charge in [-0.15, -0.1) is 0 Å². The standard InChI is InChI=1S/C12H17NO5/c1-3-17-12(16)4-5-13(2)7-9-6-10(14)11(15)8-18-9/h6,8,15H,3-5,7H2,1-2H3. The van der Waals surface area contributed by atoms with E-state index in [2.05, 4.69) is 0 Å². The SMILES string of the molecule is CCOC(=O)CCN(C)Cc1cc(=O)c(O)co1. The molecule has 0 saturated carbocycles. The van der Waals surface area contributed by atoms with Crippen LogP contribution < -0.4 is 5.43 Å². The van der Waals surface area contributed by atoms with Gasteiger partial charge in [-0.05, 0) is 14.0 Å². The zero-order chi connectivity index (χ0) is 13.5. The first-order valence-corrected chi connectivity index (χ1v) is 5.67. The molecule has 1 rings (SSSR count). The maximum absolute atomic E-state index is 11.2. The Hall–Kier alpha value is -1.82. The molecule has 1 aromatic heterocycles. The van der Waals surface area contributed by atoms with Crippen LogP contribution in [0.15, 0.2) is 21.5 Å². The van der Waals surface area contributed by atoms with E-state index in [0.717, 1.165) is 6.26 Å². The predicted molar refractivity (Wildman–Crippen MR) is 64.2 cm³/mol. The highest BCUT2D eigenvalue weighted by Crippen LogP contribution is 2.06. The van der Waals surface area contributed by atoms with Gasteiger partial charge in [0.1, 0.15) is 12.0 Å². The fraction of sp³-hybridized carbons (Fsp3) is 0.500. The Labute approximate surface area is 105 Å². The molecule has 0 aromatic carbocycles. The topological polar surface area (TPSA) is 80.0 Å². The lowest BCUT2D eigenvalue weighted by Crippen LogP contribution is -2.22. The molecule has 0 unspecified atom stereocenters. The van der Waals surface area contributed by atoms with Gasteiger partial charge in [0.05, 0.1) is 19.6 Å². The van der Waals surface area contributed by atoms with Crippen LogP contribution in [0, 0.1) is 0 Å².